The number of ketones is 2. The molecule has 0 spiro atoms. The number of pyridine rings is 1. The van der Waals surface area contributed by atoms with E-state index >= 15 is 0 Å². The third kappa shape index (κ3) is 14.5. The Morgan fingerprint density at radius 3 is 2.08 bits per heavy atom. The molecule has 10 bridgehead atoms. The number of carboxylic acids is 1. The van der Waals surface area contributed by atoms with Crippen LogP contribution in [0.5, 0.6) is 5.75 Å². The molecule has 5 amide bonds. The number of ether oxygens (including phenoxy) is 1. The van der Waals surface area contributed by atoms with Crippen LogP contribution in [0.2, 0.25) is 0 Å². The number of fused-ring (bicyclic) bond motifs is 14. The Morgan fingerprint density at radius 1 is 0.714 bits per heavy atom. The molecule has 30 heteroatoms. The van der Waals surface area contributed by atoms with Crippen molar-refractivity contribution in [1.29, 1.82) is 0 Å². The predicted octanol–water partition coefficient (Wildman–Crippen LogP) is 8.33. The fourth-order valence-electron chi connectivity index (χ4n) is 9.71. The highest BCUT2D eigenvalue weighted by Gasteiger charge is 2.40. The van der Waals surface area contributed by atoms with Gasteiger partial charge in [0.25, 0.3) is 17.7 Å². The Morgan fingerprint density at radius 2 is 1.35 bits per heavy atom. The summed E-state index contributed by atoms with van der Waals surface area (Å²) < 4.78 is 5.76. The van der Waals surface area contributed by atoms with Gasteiger partial charge in [-0.25, -0.2) is 39.7 Å². The second-order valence-electron chi connectivity index (χ2n) is 21.1. The van der Waals surface area contributed by atoms with Crippen molar-refractivity contribution in [2.75, 3.05) is 6.61 Å². The average Bonchev–Trinajstić information content (AvgIpc) is 1.74. The minimum absolute atomic E-state index is 0.00188. The largest absolute Gasteiger partial charge is 0.508 e. The lowest BCUT2D eigenvalue weighted by molar-refractivity contribution is -0.133. The van der Waals surface area contributed by atoms with E-state index in [-0.39, 0.29) is 91.1 Å². The fourth-order valence-corrected chi connectivity index (χ4v) is 15.0. The van der Waals surface area contributed by atoms with E-state index in [0.717, 1.165) is 45.3 Å². The van der Waals surface area contributed by atoms with Crippen LogP contribution in [0.4, 0.5) is 0 Å². The van der Waals surface area contributed by atoms with E-state index in [4.69, 9.17) is 30.4 Å². The summed E-state index contributed by atoms with van der Waals surface area (Å²) in [6.45, 7) is 11.0. The van der Waals surface area contributed by atoms with Crippen LogP contribution in [0, 0.1) is 12.8 Å². The number of nitrogens with two attached hydrogens (primary N) is 1. The molecular weight excluding hydrogens is 1290 g/mol. The second-order valence-corrected chi connectivity index (χ2v) is 26.7. The molecule has 9 aromatic rings. The number of aliphatic hydroxyl groups is 1. The van der Waals surface area contributed by atoms with Crippen molar-refractivity contribution in [3.8, 4) is 49.1 Å². The molecular formula is C61H52N12O12S6. The molecule has 1 saturated heterocycles. The third-order valence-corrected chi connectivity index (χ3v) is 20.3. The van der Waals surface area contributed by atoms with E-state index in [1.807, 2.05) is 6.92 Å². The van der Waals surface area contributed by atoms with Gasteiger partial charge in [-0.1, -0.05) is 62.5 Å². The normalized spacial score (nSPS) is 18.4. The first-order valence-electron chi connectivity index (χ1n) is 27.7. The van der Waals surface area contributed by atoms with Gasteiger partial charge in [0.15, 0.2) is 11.6 Å². The number of aryl methyl sites for hydroxylation is 1. The summed E-state index contributed by atoms with van der Waals surface area (Å²) in [6, 6.07) is 15.1. The molecule has 11 rings (SSSR count). The van der Waals surface area contributed by atoms with E-state index in [1.165, 1.54) is 50.9 Å². The number of nitrogens with one attached hydrogen (secondary N) is 4. The number of amides is 5. The van der Waals surface area contributed by atoms with E-state index in [2.05, 4.69) is 49.4 Å². The number of aliphatic hydroxyl groups excluding tert-OH is 1. The van der Waals surface area contributed by atoms with Gasteiger partial charge in [0.1, 0.15) is 76.7 Å². The summed E-state index contributed by atoms with van der Waals surface area (Å²) in [6.07, 6.45) is -2.90. The molecule has 1 fully saturated rings. The molecule has 2 aliphatic heterocycles. The molecule has 464 valence electrons. The van der Waals surface area contributed by atoms with Gasteiger partial charge >= 0.3 is 5.97 Å². The minimum atomic E-state index is -1.37. The Labute approximate surface area is 541 Å². The summed E-state index contributed by atoms with van der Waals surface area (Å²) in [5, 5.41) is 52.6. The van der Waals surface area contributed by atoms with Crippen molar-refractivity contribution in [3.05, 3.63) is 172 Å². The van der Waals surface area contributed by atoms with E-state index in [9.17, 15) is 53.7 Å². The Hall–Kier alpha value is -9.27. The number of carbonyl (C=O) groups is 8. The summed E-state index contributed by atoms with van der Waals surface area (Å²) in [5.74, 6) is -7.57. The van der Waals surface area contributed by atoms with Gasteiger partial charge in [0.2, 0.25) is 11.8 Å². The number of nitrogens with zero attached hydrogens (tertiary/aromatic N) is 7. The minimum Gasteiger partial charge on any atom is -0.508 e. The number of primary amides is 1. The van der Waals surface area contributed by atoms with Gasteiger partial charge in [-0.15, -0.1) is 68.0 Å². The van der Waals surface area contributed by atoms with Crippen molar-refractivity contribution in [2.24, 2.45) is 11.7 Å². The van der Waals surface area contributed by atoms with E-state index in [0.29, 0.717) is 54.6 Å². The van der Waals surface area contributed by atoms with Crippen LogP contribution in [-0.4, -0.2) is 116 Å². The number of hydrogen-bond acceptors (Lipinski definition) is 24. The number of aromatic hydroxyl groups is 1. The average molecular weight is 1340 g/mol. The second kappa shape index (κ2) is 27.1. The van der Waals surface area contributed by atoms with Gasteiger partial charge in [0.05, 0.1) is 53.7 Å². The monoisotopic (exact) mass is 1340 g/mol. The first kappa shape index (κ1) is 63.3. The zero-order chi connectivity index (χ0) is 64.4. The lowest BCUT2D eigenvalue weighted by atomic mass is 9.90. The highest BCUT2D eigenvalue weighted by molar-refractivity contribution is 7.15. The van der Waals surface area contributed by atoms with E-state index in [1.54, 1.807) is 72.3 Å². The van der Waals surface area contributed by atoms with E-state index < -0.39 is 90.1 Å². The molecule has 0 saturated carbocycles. The maximum Gasteiger partial charge on any atom is 0.331 e. The van der Waals surface area contributed by atoms with Crippen LogP contribution in [0.25, 0.3) is 43.4 Å². The number of Topliss-reactive ketones (excluding diaryl/α,β-unsaturated/α-hetero) is 2. The zero-order valence-electron chi connectivity index (χ0n) is 47.9. The quantitative estimate of drug-likeness (QED) is 0.0353. The van der Waals surface area contributed by atoms with Crippen molar-refractivity contribution < 1.29 is 58.4 Å². The molecule has 0 radical (unpaired) electrons. The van der Waals surface area contributed by atoms with Crippen LogP contribution < -0.4 is 27.0 Å². The predicted molar refractivity (Wildman–Crippen MR) is 341 cm³/mol. The van der Waals surface area contributed by atoms with Crippen LogP contribution >= 0.6 is 68.0 Å². The van der Waals surface area contributed by atoms with Crippen molar-refractivity contribution in [3.63, 3.8) is 0 Å². The molecule has 7 atom stereocenters. The van der Waals surface area contributed by atoms with Gasteiger partial charge in [-0.05, 0) is 42.3 Å². The number of allylic oxidation sites excluding steroid dienone is 1. The molecule has 2 aromatic carbocycles. The SMILES string of the molecule is C=C(CC(=O)C(=C)NC(=O)c1csc(-c2ccc3c(n2)-c2csc(n2)-c2csc(n2)C(C(C)C2CO2)NC(=O)C(Cc2ccc(O)cc2)NC(=O)c2csc(n2)C(C(O)c2ccccc2)CC(=O)c2nc(sc2C)C(CC(N)=O)NC(=O)c2csc-3n2)n1)C(=O)O. The maximum absolute atomic E-state index is 14.9. The highest BCUT2D eigenvalue weighted by atomic mass is 32.1. The zero-order valence-corrected chi connectivity index (χ0v) is 52.8. The summed E-state index contributed by atoms with van der Waals surface area (Å²) in [5.41, 5.74) is 7.65. The number of carbonyl (C=O) groups excluding carboxylic acids is 7. The van der Waals surface area contributed by atoms with Crippen LogP contribution in [0.1, 0.15) is 123 Å². The molecule has 7 aromatic heterocycles. The molecule has 9 N–H and O–H groups in total. The van der Waals surface area contributed by atoms with Gasteiger partial charge < -0.3 is 47.1 Å². The Balaban J connectivity index is 0.984. The van der Waals surface area contributed by atoms with Gasteiger partial charge in [-0.3, -0.25) is 33.6 Å². The highest BCUT2D eigenvalue weighted by Crippen LogP contribution is 2.41. The number of aromatic nitrogens is 7. The van der Waals surface area contributed by atoms with Crippen molar-refractivity contribution in [1.82, 2.24) is 56.2 Å². The molecule has 0 aliphatic carbocycles. The number of benzene rings is 2. The number of rotatable bonds is 15. The number of phenolic OH excluding ortho intramolecular Hbond substituents is 1. The molecule has 7 unspecified atom stereocenters. The smallest absolute Gasteiger partial charge is 0.331 e. The molecule has 9 heterocycles. The number of hydrogen-bond donors (Lipinski definition) is 8. The van der Waals surface area contributed by atoms with Crippen molar-refractivity contribution >= 4 is 115 Å². The lowest BCUT2D eigenvalue weighted by Gasteiger charge is -2.26. The summed E-state index contributed by atoms with van der Waals surface area (Å²) >= 11 is 6.80. The van der Waals surface area contributed by atoms with Gasteiger partial charge in [0, 0.05) is 74.0 Å². The maximum atomic E-state index is 14.9. The number of epoxide rings is 1. The van der Waals surface area contributed by atoms with Crippen LogP contribution in [0.15, 0.2) is 118 Å². The first-order chi connectivity index (χ1) is 43.6. The van der Waals surface area contributed by atoms with Crippen LogP contribution in [-0.2, 0) is 30.3 Å². The van der Waals surface area contributed by atoms with Gasteiger partial charge in [-0.2, -0.15) is 0 Å². The number of aliphatic carboxylic acids is 1. The standard InChI is InChI=1S/C61H52N12O12S6/c1-26(61(83)84)16-43(75)28(3)63-52(80)39-24-89-57(70-39)35-15-14-33-49(64-35)38-21-88-58(67-38)42-25-90-60(71-42)47(27(2)45-20-85-45)72-51(79)36(17-30-10-12-32(74)13-11-30)65-53(81)40-23-87-56(69-40)34(50(78)31-8-6-5-7-9-31)18-44(76)48-29(4)91-59(73-48)37(19-46(62)77)66-54(82)41-22-86-55(33)68-41/h5-15,21-25,27,34,36-37,45,47,50,74,78H,1,3,16-20H2,2,4H3,(H2,62,77)(H,63,80)(H,65,81)(H,66,82)(H,72,79)(H,83,84). The van der Waals surface area contributed by atoms with Crippen molar-refractivity contribution in [2.45, 2.75) is 75.8 Å². The Kier molecular flexibility index (Phi) is 18.8. The fraction of sp³-hybridized carbons (Fsp3) is 0.230. The van der Waals surface area contributed by atoms with Crippen LogP contribution in [0.3, 0.4) is 0 Å². The number of thiazole rings is 6. The molecule has 91 heavy (non-hydrogen) atoms. The molecule has 24 nitrogen and oxygen atoms in total. The Bertz CT molecular complexity index is 4360. The summed E-state index contributed by atoms with van der Waals surface area (Å²) in [4.78, 5) is 142. The first-order valence-corrected chi connectivity index (χ1v) is 32.9. The topological polar surface area (TPSA) is 374 Å². The lowest BCUT2D eigenvalue weighted by Crippen LogP contribution is -2.50. The third-order valence-electron chi connectivity index (χ3n) is 14.7. The number of carboxylic acid groups (broad SMARTS) is 1. The number of phenols is 1. The summed E-state index contributed by atoms with van der Waals surface area (Å²) in [7, 11) is 0. The molecule has 2 aliphatic rings.